The van der Waals surface area contributed by atoms with Gasteiger partial charge in [-0.2, -0.15) is 0 Å². The summed E-state index contributed by atoms with van der Waals surface area (Å²) >= 11 is 1.44. The van der Waals surface area contributed by atoms with Crippen LogP contribution >= 0.6 is 11.8 Å². The molecule has 6 nitrogen and oxygen atoms in total. The van der Waals surface area contributed by atoms with Gasteiger partial charge in [0.05, 0.1) is 10.5 Å². The number of nitrogens with zero attached hydrogens (tertiary/aromatic N) is 1. The number of sulfonamides is 1. The second-order valence-electron chi connectivity index (χ2n) is 7.63. The summed E-state index contributed by atoms with van der Waals surface area (Å²) < 4.78 is 28.1. The van der Waals surface area contributed by atoms with Crippen molar-refractivity contribution in [2.45, 2.75) is 47.5 Å². The van der Waals surface area contributed by atoms with E-state index in [1.54, 1.807) is 43.5 Å². The monoisotopic (exact) mass is 453 g/mol. The number of aryl methyl sites for hydroxylation is 2. The van der Waals surface area contributed by atoms with Crippen molar-refractivity contribution in [2.75, 3.05) is 4.72 Å². The Kier molecular flexibility index (Phi) is 6.02. The molecule has 1 fully saturated rings. The van der Waals surface area contributed by atoms with Gasteiger partial charge in [-0.15, -0.1) is 0 Å². The van der Waals surface area contributed by atoms with Gasteiger partial charge in [0, 0.05) is 22.8 Å². The van der Waals surface area contributed by atoms with E-state index in [-0.39, 0.29) is 10.8 Å². The Labute approximate surface area is 186 Å². The molecular formula is C23H23N3O3S2. The third-order valence-corrected chi connectivity index (χ3v) is 7.36. The van der Waals surface area contributed by atoms with Crippen molar-refractivity contribution in [3.8, 4) is 0 Å². The lowest BCUT2D eigenvalue weighted by Crippen LogP contribution is -2.25. The van der Waals surface area contributed by atoms with Crippen molar-refractivity contribution in [3.63, 3.8) is 0 Å². The number of nitrogens with one attached hydrogen (secondary N) is 2. The first kappa shape index (κ1) is 21.4. The van der Waals surface area contributed by atoms with Gasteiger partial charge in [-0.1, -0.05) is 23.9 Å². The van der Waals surface area contributed by atoms with Gasteiger partial charge >= 0.3 is 0 Å². The summed E-state index contributed by atoms with van der Waals surface area (Å²) in [6, 6.07) is 16.4. The molecule has 0 saturated heterocycles. The first-order valence-electron chi connectivity index (χ1n) is 9.95. The van der Waals surface area contributed by atoms with Crippen LogP contribution in [0, 0.1) is 13.8 Å². The van der Waals surface area contributed by atoms with E-state index in [2.05, 4.69) is 15.0 Å². The maximum Gasteiger partial charge on any atom is 0.262 e. The van der Waals surface area contributed by atoms with Gasteiger partial charge in [-0.05, 0) is 80.3 Å². The van der Waals surface area contributed by atoms with E-state index >= 15 is 0 Å². The van der Waals surface area contributed by atoms with Crippen LogP contribution < -0.4 is 10.0 Å². The molecule has 1 saturated carbocycles. The van der Waals surface area contributed by atoms with E-state index in [0.717, 1.165) is 28.3 Å². The van der Waals surface area contributed by atoms with E-state index < -0.39 is 10.0 Å². The largest absolute Gasteiger partial charge is 0.349 e. The Morgan fingerprint density at radius 3 is 2.42 bits per heavy atom. The summed E-state index contributed by atoms with van der Waals surface area (Å²) in [5.41, 5.74) is 2.63. The SMILES string of the molecule is Cc1ccc(C)c(S(=O)(=O)Nc2ccc(Sc3ccc(C(=O)NC4CC4)cn3)cc2)c1. The van der Waals surface area contributed by atoms with Crippen LogP contribution in [-0.2, 0) is 10.0 Å². The zero-order chi connectivity index (χ0) is 22.0. The molecule has 1 aliphatic rings. The Hall–Kier alpha value is -2.84. The van der Waals surface area contributed by atoms with Crippen LogP contribution in [0.4, 0.5) is 5.69 Å². The zero-order valence-electron chi connectivity index (χ0n) is 17.3. The molecule has 3 aromatic rings. The lowest BCUT2D eigenvalue weighted by molar-refractivity contribution is 0.0950. The van der Waals surface area contributed by atoms with Crippen LogP contribution in [-0.4, -0.2) is 25.4 Å². The minimum absolute atomic E-state index is 0.0907. The fourth-order valence-corrected chi connectivity index (χ4v) is 5.13. The average Bonchev–Trinajstić information content (AvgIpc) is 3.55. The highest BCUT2D eigenvalue weighted by molar-refractivity contribution is 7.99. The normalized spacial score (nSPS) is 13.6. The molecule has 160 valence electrons. The topological polar surface area (TPSA) is 88.2 Å². The number of aromatic nitrogens is 1. The number of carbonyl (C=O) groups is 1. The van der Waals surface area contributed by atoms with E-state index in [0.29, 0.717) is 22.9 Å². The molecule has 2 aromatic carbocycles. The number of benzene rings is 2. The van der Waals surface area contributed by atoms with Gasteiger partial charge in [0.1, 0.15) is 5.03 Å². The van der Waals surface area contributed by atoms with Crippen LogP contribution in [0.5, 0.6) is 0 Å². The van der Waals surface area contributed by atoms with Crippen molar-refractivity contribution in [1.82, 2.24) is 10.3 Å². The number of pyridine rings is 1. The van der Waals surface area contributed by atoms with E-state index in [9.17, 15) is 13.2 Å². The molecule has 4 rings (SSSR count). The van der Waals surface area contributed by atoms with Gasteiger partial charge < -0.3 is 5.32 Å². The smallest absolute Gasteiger partial charge is 0.262 e. The van der Waals surface area contributed by atoms with Crippen molar-refractivity contribution in [1.29, 1.82) is 0 Å². The number of carbonyl (C=O) groups excluding carboxylic acids is 1. The summed E-state index contributed by atoms with van der Waals surface area (Å²) in [7, 11) is -3.66. The molecule has 1 aliphatic carbocycles. The summed E-state index contributed by atoms with van der Waals surface area (Å²) in [6.07, 6.45) is 3.67. The number of amides is 1. The number of hydrogen-bond acceptors (Lipinski definition) is 5. The number of hydrogen-bond donors (Lipinski definition) is 2. The highest BCUT2D eigenvalue weighted by atomic mass is 32.2. The quantitative estimate of drug-likeness (QED) is 0.548. The van der Waals surface area contributed by atoms with Crippen LogP contribution in [0.1, 0.15) is 34.3 Å². The molecule has 0 radical (unpaired) electrons. The molecule has 0 unspecified atom stereocenters. The third kappa shape index (κ3) is 5.45. The van der Waals surface area contributed by atoms with Crippen LogP contribution in [0.3, 0.4) is 0 Å². The molecule has 0 atom stereocenters. The van der Waals surface area contributed by atoms with Gasteiger partial charge in [0.25, 0.3) is 15.9 Å². The van der Waals surface area contributed by atoms with Gasteiger partial charge in [-0.25, -0.2) is 13.4 Å². The predicted octanol–water partition coefficient (Wildman–Crippen LogP) is 4.54. The second kappa shape index (κ2) is 8.72. The van der Waals surface area contributed by atoms with Crippen molar-refractivity contribution >= 4 is 33.4 Å². The highest BCUT2D eigenvalue weighted by Gasteiger charge is 2.23. The lowest BCUT2D eigenvalue weighted by atomic mass is 10.2. The molecule has 0 bridgehead atoms. The lowest BCUT2D eigenvalue weighted by Gasteiger charge is -2.11. The first-order chi connectivity index (χ1) is 14.8. The minimum Gasteiger partial charge on any atom is -0.349 e. The zero-order valence-corrected chi connectivity index (χ0v) is 18.9. The molecule has 2 N–H and O–H groups in total. The minimum atomic E-state index is -3.66. The standard InChI is InChI=1S/C23H23N3O3S2/c1-15-3-4-16(2)21(13-15)31(28,29)26-19-8-10-20(11-9-19)30-22-12-5-17(14-24-22)23(27)25-18-6-7-18/h3-5,8-14,18,26H,6-7H2,1-2H3,(H,25,27). The molecule has 1 amide bonds. The highest BCUT2D eigenvalue weighted by Crippen LogP contribution is 2.28. The maximum absolute atomic E-state index is 12.7. The summed E-state index contributed by atoms with van der Waals surface area (Å²) in [5, 5.41) is 3.70. The third-order valence-electron chi connectivity index (χ3n) is 4.87. The number of anilines is 1. The van der Waals surface area contributed by atoms with Gasteiger partial charge in [0.15, 0.2) is 0 Å². The maximum atomic E-state index is 12.7. The summed E-state index contributed by atoms with van der Waals surface area (Å²) in [5.74, 6) is -0.0907. The molecule has 8 heteroatoms. The Morgan fingerprint density at radius 1 is 1.03 bits per heavy atom. The van der Waals surface area contributed by atoms with Gasteiger partial charge in [-0.3, -0.25) is 9.52 Å². The molecular weight excluding hydrogens is 430 g/mol. The van der Waals surface area contributed by atoms with E-state index in [4.69, 9.17) is 0 Å². The molecule has 0 spiro atoms. The summed E-state index contributed by atoms with van der Waals surface area (Å²) in [6.45, 7) is 3.65. The predicted molar refractivity (Wildman–Crippen MR) is 122 cm³/mol. The summed E-state index contributed by atoms with van der Waals surface area (Å²) in [4.78, 5) is 17.6. The fourth-order valence-electron chi connectivity index (χ4n) is 2.99. The molecule has 31 heavy (non-hydrogen) atoms. The molecule has 1 heterocycles. The molecule has 1 aromatic heterocycles. The number of rotatable bonds is 7. The van der Waals surface area contributed by atoms with E-state index in [1.807, 2.05) is 31.2 Å². The van der Waals surface area contributed by atoms with Crippen LogP contribution in [0.2, 0.25) is 0 Å². The average molecular weight is 454 g/mol. The van der Waals surface area contributed by atoms with Gasteiger partial charge in [0.2, 0.25) is 0 Å². The fraction of sp³-hybridized carbons (Fsp3) is 0.217. The van der Waals surface area contributed by atoms with Crippen molar-refractivity contribution < 1.29 is 13.2 Å². The van der Waals surface area contributed by atoms with Crippen molar-refractivity contribution in [2.24, 2.45) is 0 Å². The van der Waals surface area contributed by atoms with Crippen molar-refractivity contribution in [3.05, 3.63) is 77.5 Å². The molecule has 0 aliphatic heterocycles. The van der Waals surface area contributed by atoms with Crippen LogP contribution in [0.25, 0.3) is 0 Å². The Balaban J connectivity index is 1.41. The Morgan fingerprint density at radius 2 is 1.77 bits per heavy atom. The van der Waals surface area contributed by atoms with E-state index in [1.165, 1.54) is 11.8 Å². The first-order valence-corrected chi connectivity index (χ1v) is 12.2. The second-order valence-corrected chi connectivity index (χ2v) is 10.4. The Bertz CT molecular complexity index is 1200. The van der Waals surface area contributed by atoms with Crippen LogP contribution in [0.15, 0.2) is 75.6 Å².